The third-order valence-corrected chi connectivity index (χ3v) is 2.25. The molecule has 1 aliphatic rings. The molecule has 0 radical (unpaired) electrons. The summed E-state index contributed by atoms with van der Waals surface area (Å²) in [5.41, 5.74) is 0.785. The number of hydrogen-bond donors (Lipinski definition) is 2. The van der Waals surface area contributed by atoms with Gasteiger partial charge in [0.05, 0.1) is 13.2 Å². The lowest BCUT2D eigenvalue weighted by atomic mass is 9.90. The lowest BCUT2D eigenvalue weighted by Crippen LogP contribution is -2.05. The highest BCUT2D eigenvalue weighted by Crippen LogP contribution is 2.33. The fourth-order valence-corrected chi connectivity index (χ4v) is 1.54. The van der Waals surface area contributed by atoms with E-state index in [4.69, 9.17) is 19.5 Å². The van der Waals surface area contributed by atoms with Crippen molar-refractivity contribution < 1.29 is 19.5 Å². The van der Waals surface area contributed by atoms with Crippen LogP contribution in [0.5, 0.6) is 11.5 Å². The van der Waals surface area contributed by atoms with Gasteiger partial charge in [-0.3, -0.25) is 0 Å². The van der Waals surface area contributed by atoms with Gasteiger partial charge in [-0.1, -0.05) is 24.2 Å². The summed E-state index contributed by atoms with van der Waals surface area (Å²) in [6, 6.07) is 5.52. The average Bonchev–Trinajstić information content (AvgIpc) is 2.51. The Labute approximate surface area is 94.3 Å². The summed E-state index contributed by atoms with van der Waals surface area (Å²) >= 11 is 0. The molecule has 2 rings (SSSR count). The van der Waals surface area contributed by atoms with E-state index in [2.05, 4.69) is 0 Å². The molecule has 84 valence electrons. The van der Waals surface area contributed by atoms with E-state index in [1.54, 1.807) is 6.08 Å². The smallest absolute Gasteiger partial charge is 0.480 e. The molecule has 1 heterocycles. The van der Waals surface area contributed by atoms with Crippen LogP contribution in [0.4, 0.5) is 0 Å². The Bertz CT molecular complexity index is 390. The SMILES string of the molecule is OB(O)/C=C/c1cccc2c1OCCCO2. The van der Waals surface area contributed by atoms with Crippen molar-refractivity contribution in [1.82, 2.24) is 0 Å². The van der Waals surface area contributed by atoms with Gasteiger partial charge in [0.15, 0.2) is 11.5 Å². The molecular formula is C11H13BO4. The van der Waals surface area contributed by atoms with Crippen LogP contribution in [-0.4, -0.2) is 30.4 Å². The molecule has 0 atom stereocenters. The van der Waals surface area contributed by atoms with Crippen LogP contribution in [0.25, 0.3) is 6.08 Å². The molecule has 0 aliphatic carbocycles. The highest BCUT2D eigenvalue weighted by molar-refractivity contribution is 6.48. The van der Waals surface area contributed by atoms with Crippen molar-refractivity contribution in [3.63, 3.8) is 0 Å². The molecule has 0 aromatic heterocycles. The van der Waals surface area contributed by atoms with Crippen LogP contribution in [0.2, 0.25) is 0 Å². The highest BCUT2D eigenvalue weighted by atomic mass is 16.5. The fourth-order valence-electron chi connectivity index (χ4n) is 1.54. The summed E-state index contributed by atoms with van der Waals surface area (Å²) in [6.45, 7) is 1.25. The van der Waals surface area contributed by atoms with E-state index in [9.17, 15) is 0 Å². The molecule has 1 aromatic rings. The minimum atomic E-state index is -1.46. The Morgan fingerprint density at radius 1 is 1.19 bits per heavy atom. The molecule has 5 heteroatoms. The summed E-state index contributed by atoms with van der Waals surface area (Å²) in [4.78, 5) is 0. The second-order valence-electron chi connectivity index (χ2n) is 3.50. The normalized spacial score (nSPS) is 14.9. The number of para-hydroxylation sites is 1. The third-order valence-electron chi connectivity index (χ3n) is 2.25. The van der Waals surface area contributed by atoms with Gasteiger partial charge in [-0.25, -0.2) is 0 Å². The van der Waals surface area contributed by atoms with Crippen molar-refractivity contribution in [2.45, 2.75) is 6.42 Å². The van der Waals surface area contributed by atoms with Gasteiger partial charge in [-0.15, -0.1) is 0 Å². The quantitative estimate of drug-likeness (QED) is 0.726. The van der Waals surface area contributed by atoms with E-state index in [0.29, 0.717) is 24.7 Å². The number of rotatable bonds is 2. The maximum Gasteiger partial charge on any atom is 0.480 e. The van der Waals surface area contributed by atoms with E-state index < -0.39 is 7.12 Å². The van der Waals surface area contributed by atoms with Gasteiger partial charge in [-0.2, -0.15) is 0 Å². The predicted octanol–water partition coefficient (Wildman–Crippen LogP) is 0.873. The van der Waals surface area contributed by atoms with Crippen molar-refractivity contribution >= 4 is 13.2 Å². The van der Waals surface area contributed by atoms with Crippen molar-refractivity contribution in [3.8, 4) is 11.5 Å². The Hall–Kier alpha value is -1.46. The number of hydrogen-bond acceptors (Lipinski definition) is 4. The first kappa shape index (κ1) is 11.0. The molecule has 16 heavy (non-hydrogen) atoms. The second kappa shape index (κ2) is 5.05. The number of ether oxygens (including phenoxy) is 2. The van der Waals surface area contributed by atoms with Gasteiger partial charge in [0.2, 0.25) is 0 Å². The van der Waals surface area contributed by atoms with E-state index >= 15 is 0 Å². The lowest BCUT2D eigenvalue weighted by Gasteiger charge is -2.09. The standard InChI is InChI=1S/C11H13BO4/c13-12(14)6-5-9-3-1-4-10-11(9)16-8-2-7-15-10/h1,3-6,13-14H,2,7-8H2/b6-5+. The summed E-state index contributed by atoms with van der Waals surface area (Å²) in [7, 11) is -1.46. The first-order valence-corrected chi connectivity index (χ1v) is 5.20. The van der Waals surface area contributed by atoms with Gasteiger partial charge in [0.1, 0.15) is 0 Å². The molecule has 1 aromatic carbocycles. The third kappa shape index (κ3) is 2.56. The molecule has 0 unspecified atom stereocenters. The van der Waals surface area contributed by atoms with E-state index in [-0.39, 0.29) is 0 Å². The van der Waals surface area contributed by atoms with Crippen LogP contribution >= 0.6 is 0 Å². The molecule has 2 N–H and O–H groups in total. The Kier molecular flexibility index (Phi) is 3.49. The molecule has 0 bridgehead atoms. The average molecular weight is 220 g/mol. The fraction of sp³-hybridized carbons (Fsp3) is 0.273. The first-order valence-electron chi connectivity index (χ1n) is 5.20. The molecule has 0 saturated heterocycles. The van der Waals surface area contributed by atoms with Gasteiger partial charge in [0.25, 0.3) is 0 Å². The van der Waals surface area contributed by atoms with Crippen molar-refractivity contribution in [1.29, 1.82) is 0 Å². The molecule has 0 amide bonds. The van der Waals surface area contributed by atoms with Crippen molar-refractivity contribution in [2.75, 3.05) is 13.2 Å². The highest BCUT2D eigenvalue weighted by Gasteiger charge is 2.13. The lowest BCUT2D eigenvalue weighted by molar-refractivity contribution is 0.296. The van der Waals surface area contributed by atoms with Crippen LogP contribution in [0.3, 0.4) is 0 Å². The Morgan fingerprint density at radius 2 is 2.00 bits per heavy atom. The zero-order valence-corrected chi connectivity index (χ0v) is 8.80. The molecule has 4 nitrogen and oxygen atoms in total. The Morgan fingerprint density at radius 3 is 2.81 bits per heavy atom. The monoisotopic (exact) mass is 220 g/mol. The number of benzene rings is 1. The van der Waals surface area contributed by atoms with Gasteiger partial charge >= 0.3 is 7.12 Å². The van der Waals surface area contributed by atoms with Gasteiger partial charge in [0, 0.05) is 12.0 Å². The zero-order chi connectivity index (χ0) is 11.4. The van der Waals surface area contributed by atoms with Crippen molar-refractivity contribution in [2.24, 2.45) is 0 Å². The van der Waals surface area contributed by atoms with E-state index in [1.807, 2.05) is 18.2 Å². The minimum Gasteiger partial charge on any atom is -0.490 e. The zero-order valence-electron chi connectivity index (χ0n) is 8.80. The van der Waals surface area contributed by atoms with Crippen molar-refractivity contribution in [3.05, 3.63) is 29.7 Å². The first-order chi connectivity index (χ1) is 7.77. The molecule has 0 saturated carbocycles. The molecule has 1 aliphatic heterocycles. The minimum absolute atomic E-state index is 0.611. The predicted molar refractivity (Wildman–Crippen MR) is 61.3 cm³/mol. The Balaban J connectivity index is 2.31. The van der Waals surface area contributed by atoms with Gasteiger partial charge < -0.3 is 19.5 Å². The van der Waals surface area contributed by atoms with Gasteiger partial charge in [-0.05, 0) is 6.07 Å². The largest absolute Gasteiger partial charge is 0.490 e. The number of fused-ring (bicyclic) bond motifs is 1. The van der Waals surface area contributed by atoms with Crippen LogP contribution in [-0.2, 0) is 0 Å². The van der Waals surface area contributed by atoms with E-state index in [1.165, 1.54) is 5.98 Å². The second-order valence-corrected chi connectivity index (χ2v) is 3.50. The summed E-state index contributed by atoms with van der Waals surface area (Å²) in [6.07, 6.45) is 2.46. The maximum atomic E-state index is 8.77. The van der Waals surface area contributed by atoms with Crippen LogP contribution in [0.15, 0.2) is 24.2 Å². The maximum absolute atomic E-state index is 8.77. The summed E-state index contributed by atoms with van der Waals surface area (Å²) in [5.74, 6) is 2.65. The topological polar surface area (TPSA) is 58.9 Å². The molecule has 0 spiro atoms. The molecular weight excluding hydrogens is 207 g/mol. The van der Waals surface area contributed by atoms with Crippen LogP contribution < -0.4 is 9.47 Å². The van der Waals surface area contributed by atoms with Crippen LogP contribution in [0.1, 0.15) is 12.0 Å². The summed E-state index contributed by atoms with van der Waals surface area (Å²) in [5, 5.41) is 17.5. The van der Waals surface area contributed by atoms with Crippen LogP contribution in [0, 0.1) is 0 Å². The molecule has 0 fully saturated rings. The summed E-state index contributed by atoms with van der Waals surface area (Å²) < 4.78 is 11.1. The van der Waals surface area contributed by atoms with E-state index in [0.717, 1.165) is 12.0 Å².